The van der Waals surface area contributed by atoms with Crippen LogP contribution in [0.1, 0.15) is 72.6 Å². The average Bonchev–Trinajstić information content (AvgIpc) is 3.08. The normalized spacial score (nSPS) is 16.6. The zero-order valence-corrected chi connectivity index (χ0v) is 15.8. The van der Waals surface area contributed by atoms with E-state index in [0.717, 1.165) is 30.7 Å². The Hall–Kier alpha value is -2.90. The number of aryl methyl sites for hydroxylation is 1. The van der Waals surface area contributed by atoms with Gasteiger partial charge in [-0.15, -0.1) is 0 Å². The highest BCUT2D eigenvalue weighted by Crippen LogP contribution is 2.32. The number of amides is 1. The number of hydrogen-bond donors (Lipinski definition) is 2. The van der Waals surface area contributed by atoms with Crippen molar-refractivity contribution in [1.82, 2.24) is 15.0 Å². The van der Waals surface area contributed by atoms with E-state index in [1.807, 2.05) is 31.7 Å². The predicted molar refractivity (Wildman–Crippen MR) is 98.7 cm³/mol. The van der Waals surface area contributed by atoms with Gasteiger partial charge in [0.05, 0.1) is 11.6 Å². The minimum absolute atomic E-state index is 0.0553. The third kappa shape index (κ3) is 4.84. The van der Waals surface area contributed by atoms with Crippen molar-refractivity contribution in [2.24, 2.45) is 0 Å². The Morgan fingerprint density at radius 1 is 1.41 bits per heavy atom. The average molecular weight is 375 g/mol. The standard InChI is InChI=1S/C18H23N3O3.CH2O2/c1-11(2)17-13(7-8-16(22)19-17)18(23)21-9-5-4-6-15(21)14-10-12(3)24-20-14;2-1-3/h7-8,10-11,15H,4-6,9H2,1-3H3,(H,19,22);1H,(H,2,3). The van der Waals surface area contributed by atoms with Crippen LogP contribution in [0.4, 0.5) is 0 Å². The molecule has 3 rings (SSSR count). The molecule has 2 aromatic heterocycles. The monoisotopic (exact) mass is 375 g/mol. The smallest absolute Gasteiger partial charge is 0.290 e. The summed E-state index contributed by atoms with van der Waals surface area (Å²) in [6.45, 7) is 6.23. The molecule has 0 saturated carbocycles. The summed E-state index contributed by atoms with van der Waals surface area (Å²) >= 11 is 0. The van der Waals surface area contributed by atoms with Crippen LogP contribution in [-0.2, 0) is 4.79 Å². The molecule has 8 heteroatoms. The summed E-state index contributed by atoms with van der Waals surface area (Å²) in [4.78, 5) is 37.8. The number of carbonyl (C=O) groups is 2. The molecule has 1 atom stereocenters. The molecule has 8 nitrogen and oxygen atoms in total. The minimum Gasteiger partial charge on any atom is -0.483 e. The first-order chi connectivity index (χ1) is 12.9. The first-order valence-electron chi connectivity index (χ1n) is 8.94. The molecule has 27 heavy (non-hydrogen) atoms. The summed E-state index contributed by atoms with van der Waals surface area (Å²) < 4.78 is 5.19. The van der Waals surface area contributed by atoms with Crippen LogP contribution in [0, 0.1) is 6.92 Å². The first-order valence-corrected chi connectivity index (χ1v) is 8.94. The van der Waals surface area contributed by atoms with E-state index in [1.165, 1.54) is 6.07 Å². The molecule has 0 aromatic carbocycles. The lowest BCUT2D eigenvalue weighted by molar-refractivity contribution is -0.122. The molecule has 1 fully saturated rings. The molecular weight excluding hydrogens is 350 g/mol. The molecule has 0 bridgehead atoms. The molecule has 1 aliphatic heterocycles. The molecular formula is C19H25N3O5. The van der Waals surface area contributed by atoms with Crippen LogP contribution < -0.4 is 5.56 Å². The number of likely N-dealkylation sites (tertiary alicyclic amines) is 1. The summed E-state index contributed by atoms with van der Waals surface area (Å²) in [6.07, 6.45) is 2.90. The van der Waals surface area contributed by atoms with Crippen molar-refractivity contribution in [3.05, 3.63) is 51.3 Å². The van der Waals surface area contributed by atoms with Gasteiger partial charge in [0.15, 0.2) is 0 Å². The molecule has 2 aromatic rings. The second-order valence-electron chi connectivity index (χ2n) is 6.78. The van der Waals surface area contributed by atoms with Crippen LogP contribution in [0.2, 0.25) is 0 Å². The summed E-state index contributed by atoms with van der Waals surface area (Å²) in [6, 6.07) is 4.87. The SMILES string of the molecule is Cc1cc(C2CCCCN2C(=O)c2ccc(=O)[nH]c2C(C)C)no1.O=CO. The summed E-state index contributed by atoms with van der Waals surface area (Å²) in [5.41, 5.74) is 1.87. The highest BCUT2D eigenvalue weighted by molar-refractivity contribution is 5.95. The molecule has 1 unspecified atom stereocenters. The van der Waals surface area contributed by atoms with Crippen molar-refractivity contribution >= 4 is 12.4 Å². The van der Waals surface area contributed by atoms with Gasteiger partial charge in [-0.3, -0.25) is 14.4 Å². The maximum Gasteiger partial charge on any atom is 0.290 e. The van der Waals surface area contributed by atoms with Crippen molar-refractivity contribution in [2.75, 3.05) is 6.54 Å². The third-order valence-corrected chi connectivity index (χ3v) is 4.51. The number of carbonyl (C=O) groups excluding carboxylic acids is 1. The number of pyridine rings is 1. The minimum atomic E-state index is -0.250. The lowest BCUT2D eigenvalue weighted by atomic mass is 9.96. The van der Waals surface area contributed by atoms with E-state index in [4.69, 9.17) is 14.4 Å². The van der Waals surface area contributed by atoms with E-state index in [9.17, 15) is 9.59 Å². The van der Waals surface area contributed by atoms with Crippen molar-refractivity contribution < 1.29 is 19.2 Å². The summed E-state index contributed by atoms with van der Waals surface area (Å²) in [7, 11) is 0. The van der Waals surface area contributed by atoms with Crippen LogP contribution in [0.25, 0.3) is 0 Å². The van der Waals surface area contributed by atoms with Crippen molar-refractivity contribution in [1.29, 1.82) is 0 Å². The van der Waals surface area contributed by atoms with E-state index in [0.29, 0.717) is 17.8 Å². The summed E-state index contributed by atoms with van der Waals surface area (Å²) in [5, 5.41) is 11.0. The van der Waals surface area contributed by atoms with Crippen LogP contribution in [0.5, 0.6) is 0 Å². The quantitative estimate of drug-likeness (QED) is 0.797. The van der Waals surface area contributed by atoms with E-state index in [1.54, 1.807) is 6.07 Å². The van der Waals surface area contributed by atoms with Crippen molar-refractivity contribution in [3.63, 3.8) is 0 Å². The molecule has 2 N–H and O–H groups in total. The zero-order valence-electron chi connectivity index (χ0n) is 15.8. The van der Waals surface area contributed by atoms with Crippen LogP contribution >= 0.6 is 0 Å². The predicted octanol–water partition coefficient (Wildman–Crippen LogP) is 2.86. The van der Waals surface area contributed by atoms with Gasteiger partial charge in [-0.05, 0) is 38.2 Å². The van der Waals surface area contributed by atoms with Gasteiger partial charge in [0.1, 0.15) is 11.5 Å². The molecule has 0 aliphatic carbocycles. The molecule has 3 heterocycles. The van der Waals surface area contributed by atoms with E-state index in [-0.39, 0.29) is 29.9 Å². The molecule has 0 spiro atoms. The Balaban J connectivity index is 0.000000817. The lowest BCUT2D eigenvalue weighted by Gasteiger charge is -2.35. The fourth-order valence-electron chi connectivity index (χ4n) is 3.31. The topological polar surface area (TPSA) is 117 Å². The van der Waals surface area contributed by atoms with Gasteiger partial charge in [0, 0.05) is 24.4 Å². The fourth-order valence-corrected chi connectivity index (χ4v) is 3.31. The van der Waals surface area contributed by atoms with Crippen LogP contribution in [-0.4, -0.2) is 39.1 Å². The van der Waals surface area contributed by atoms with Gasteiger partial charge in [-0.25, -0.2) is 0 Å². The lowest BCUT2D eigenvalue weighted by Crippen LogP contribution is -2.39. The number of hydrogen-bond acceptors (Lipinski definition) is 5. The van der Waals surface area contributed by atoms with Crippen molar-refractivity contribution in [3.8, 4) is 0 Å². The number of aromatic amines is 1. The van der Waals surface area contributed by atoms with E-state index in [2.05, 4.69) is 10.1 Å². The van der Waals surface area contributed by atoms with E-state index >= 15 is 0 Å². The second-order valence-corrected chi connectivity index (χ2v) is 6.78. The van der Waals surface area contributed by atoms with Gasteiger partial charge in [0.25, 0.3) is 12.4 Å². The molecule has 0 radical (unpaired) electrons. The maximum absolute atomic E-state index is 13.2. The Bertz CT molecular complexity index is 840. The highest BCUT2D eigenvalue weighted by atomic mass is 16.5. The first kappa shape index (κ1) is 20.4. The van der Waals surface area contributed by atoms with Crippen LogP contribution in [0.3, 0.4) is 0 Å². The van der Waals surface area contributed by atoms with Gasteiger partial charge in [0.2, 0.25) is 5.56 Å². The molecule has 1 saturated heterocycles. The highest BCUT2D eigenvalue weighted by Gasteiger charge is 2.32. The fraction of sp³-hybridized carbons (Fsp3) is 0.474. The molecule has 146 valence electrons. The Morgan fingerprint density at radius 2 is 2.11 bits per heavy atom. The summed E-state index contributed by atoms with van der Waals surface area (Å²) in [5.74, 6) is 0.755. The number of piperidine rings is 1. The maximum atomic E-state index is 13.2. The Kier molecular flexibility index (Phi) is 6.92. The van der Waals surface area contributed by atoms with Gasteiger partial charge >= 0.3 is 0 Å². The van der Waals surface area contributed by atoms with Gasteiger partial charge in [-0.2, -0.15) is 0 Å². The largest absolute Gasteiger partial charge is 0.483 e. The molecule has 1 aliphatic rings. The van der Waals surface area contributed by atoms with Crippen molar-refractivity contribution in [2.45, 2.75) is 52.0 Å². The zero-order chi connectivity index (χ0) is 20.0. The second kappa shape index (κ2) is 9.16. The Morgan fingerprint density at radius 3 is 2.70 bits per heavy atom. The van der Waals surface area contributed by atoms with E-state index < -0.39 is 0 Å². The number of carboxylic acid groups (broad SMARTS) is 1. The van der Waals surface area contributed by atoms with Gasteiger partial charge in [-0.1, -0.05) is 19.0 Å². The third-order valence-electron chi connectivity index (χ3n) is 4.51. The van der Waals surface area contributed by atoms with Gasteiger partial charge < -0.3 is 19.5 Å². The number of nitrogens with one attached hydrogen (secondary N) is 1. The Labute approximate surface area is 157 Å². The molecule has 1 amide bonds. The number of rotatable bonds is 3. The number of H-pyrrole nitrogens is 1. The number of nitrogens with zero attached hydrogens (tertiary/aromatic N) is 2. The number of aromatic nitrogens is 2. The van der Waals surface area contributed by atoms with Crippen LogP contribution in [0.15, 0.2) is 27.5 Å².